The van der Waals surface area contributed by atoms with Crippen molar-refractivity contribution in [3.05, 3.63) is 70.5 Å². The Morgan fingerprint density at radius 1 is 1.21 bits per heavy atom. The third-order valence-electron chi connectivity index (χ3n) is 5.60. The number of aliphatic hydroxyl groups excluding tert-OH is 1. The number of halogens is 1. The van der Waals surface area contributed by atoms with E-state index in [-0.39, 0.29) is 30.3 Å². The van der Waals surface area contributed by atoms with Crippen LogP contribution in [0.15, 0.2) is 52.7 Å². The zero-order chi connectivity index (χ0) is 23.8. The van der Waals surface area contributed by atoms with Gasteiger partial charge in [0.05, 0.1) is 16.7 Å². The SMILES string of the molecule is Cc1ccc(S(=O)(=O)N2CC(O)CC2C(=O)OCc2csc(-c3ccc(F)cc3)n2)cc1C. The second-order valence-corrected chi connectivity index (χ2v) is 10.7. The highest BCUT2D eigenvalue weighted by Crippen LogP contribution is 2.29. The molecule has 1 fully saturated rings. The molecule has 2 atom stereocenters. The average Bonchev–Trinajstić information content (AvgIpc) is 3.41. The fourth-order valence-corrected chi connectivity index (χ4v) is 6.14. The highest BCUT2D eigenvalue weighted by atomic mass is 32.2. The first-order chi connectivity index (χ1) is 15.6. The Morgan fingerprint density at radius 2 is 1.94 bits per heavy atom. The largest absolute Gasteiger partial charge is 0.458 e. The van der Waals surface area contributed by atoms with E-state index in [9.17, 15) is 22.7 Å². The van der Waals surface area contributed by atoms with Crippen molar-refractivity contribution in [1.82, 2.24) is 9.29 Å². The Hall–Kier alpha value is -2.66. The van der Waals surface area contributed by atoms with Crippen molar-refractivity contribution < 1.29 is 27.4 Å². The number of aromatic nitrogens is 1. The molecule has 0 aliphatic carbocycles. The number of benzene rings is 2. The summed E-state index contributed by atoms with van der Waals surface area (Å²) in [7, 11) is -4.00. The van der Waals surface area contributed by atoms with Gasteiger partial charge in [0.1, 0.15) is 23.5 Å². The number of sulfonamides is 1. The fourth-order valence-electron chi connectivity index (χ4n) is 3.61. The van der Waals surface area contributed by atoms with Crippen LogP contribution >= 0.6 is 11.3 Å². The van der Waals surface area contributed by atoms with Crippen molar-refractivity contribution in [2.45, 2.75) is 43.9 Å². The summed E-state index contributed by atoms with van der Waals surface area (Å²) in [5.74, 6) is -1.08. The van der Waals surface area contributed by atoms with Gasteiger partial charge >= 0.3 is 5.97 Å². The molecule has 1 aliphatic rings. The van der Waals surface area contributed by atoms with E-state index >= 15 is 0 Å². The topological polar surface area (TPSA) is 96.8 Å². The van der Waals surface area contributed by atoms with Crippen LogP contribution in [0.3, 0.4) is 0 Å². The van der Waals surface area contributed by atoms with Crippen molar-refractivity contribution in [3.63, 3.8) is 0 Å². The van der Waals surface area contributed by atoms with E-state index in [1.54, 1.807) is 29.6 Å². The average molecular weight is 491 g/mol. The summed E-state index contributed by atoms with van der Waals surface area (Å²) >= 11 is 1.33. The van der Waals surface area contributed by atoms with Crippen molar-refractivity contribution in [1.29, 1.82) is 0 Å². The minimum absolute atomic E-state index is 0.0409. The number of esters is 1. The second kappa shape index (κ2) is 9.30. The molecule has 2 heterocycles. The zero-order valence-corrected chi connectivity index (χ0v) is 19.7. The van der Waals surface area contributed by atoms with Gasteiger partial charge in [-0.25, -0.2) is 17.8 Å². The first-order valence-electron chi connectivity index (χ1n) is 10.3. The summed E-state index contributed by atoms with van der Waals surface area (Å²) in [6.07, 6.45) is -1.01. The molecule has 2 unspecified atom stereocenters. The lowest BCUT2D eigenvalue weighted by molar-refractivity contribution is -0.149. The summed E-state index contributed by atoms with van der Waals surface area (Å²) in [5.41, 5.74) is 3.00. The third kappa shape index (κ3) is 4.98. The number of ether oxygens (including phenoxy) is 1. The molecule has 1 saturated heterocycles. The van der Waals surface area contributed by atoms with E-state index in [0.29, 0.717) is 10.7 Å². The van der Waals surface area contributed by atoms with Crippen LogP contribution in [0.1, 0.15) is 23.2 Å². The maximum atomic E-state index is 13.2. The van der Waals surface area contributed by atoms with E-state index < -0.39 is 28.1 Å². The molecule has 174 valence electrons. The number of carbonyl (C=O) groups is 1. The molecule has 1 N–H and O–H groups in total. The lowest BCUT2D eigenvalue weighted by atomic mass is 10.1. The van der Waals surface area contributed by atoms with Gasteiger partial charge < -0.3 is 9.84 Å². The molecule has 1 aliphatic heterocycles. The lowest BCUT2D eigenvalue weighted by Gasteiger charge is -2.22. The molecule has 0 saturated carbocycles. The molecule has 0 amide bonds. The van der Waals surface area contributed by atoms with Gasteiger partial charge in [-0.05, 0) is 61.4 Å². The summed E-state index contributed by atoms with van der Waals surface area (Å²) < 4.78 is 45.9. The van der Waals surface area contributed by atoms with Gasteiger partial charge in [-0.2, -0.15) is 4.31 Å². The van der Waals surface area contributed by atoms with Crippen molar-refractivity contribution in [3.8, 4) is 10.6 Å². The van der Waals surface area contributed by atoms with Gasteiger partial charge in [0.25, 0.3) is 0 Å². The van der Waals surface area contributed by atoms with Crippen LogP contribution in [0, 0.1) is 19.7 Å². The molecule has 10 heteroatoms. The fraction of sp³-hybridized carbons (Fsp3) is 0.304. The van der Waals surface area contributed by atoms with E-state index in [1.807, 2.05) is 13.8 Å². The number of hydrogen-bond acceptors (Lipinski definition) is 7. The number of aliphatic hydroxyl groups is 1. The zero-order valence-electron chi connectivity index (χ0n) is 18.1. The molecular weight excluding hydrogens is 467 g/mol. The Kier molecular flexibility index (Phi) is 6.62. The number of aryl methyl sites for hydroxylation is 2. The molecule has 7 nitrogen and oxygen atoms in total. The van der Waals surface area contributed by atoms with Crippen LogP contribution in [0.25, 0.3) is 10.6 Å². The van der Waals surface area contributed by atoms with Crippen LogP contribution < -0.4 is 0 Å². The molecule has 3 aromatic rings. The van der Waals surface area contributed by atoms with E-state index in [4.69, 9.17) is 4.74 Å². The Balaban J connectivity index is 1.47. The van der Waals surface area contributed by atoms with Gasteiger partial charge in [-0.15, -0.1) is 11.3 Å². The number of nitrogens with zero attached hydrogens (tertiary/aromatic N) is 2. The molecular formula is C23H23FN2O5S2. The van der Waals surface area contributed by atoms with Gasteiger partial charge in [0, 0.05) is 23.9 Å². The number of hydrogen-bond donors (Lipinski definition) is 1. The first kappa shape index (κ1) is 23.5. The van der Waals surface area contributed by atoms with Crippen LogP contribution in [-0.2, 0) is 26.2 Å². The maximum absolute atomic E-state index is 13.2. The van der Waals surface area contributed by atoms with Gasteiger partial charge in [-0.3, -0.25) is 4.79 Å². The second-order valence-electron chi connectivity index (χ2n) is 7.98. The third-order valence-corrected chi connectivity index (χ3v) is 8.41. The van der Waals surface area contributed by atoms with E-state index in [0.717, 1.165) is 21.0 Å². The molecule has 0 bridgehead atoms. The highest BCUT2D eigenvalue weighted by molar-refractivity contribution is 7.89. The van der Waals surface area contributed by atoms with E-state index in [1.165, 1.54) is 29.5 Å². The Labute approximate surface area is 195 Å². The minimum Gasteiger partial charge on any atom is -0.458 e. The smallest absolute Gasteiger partial charge is 0.324 e. The molecule has 1 aromatic heterocycles. The van der Waals surface area contributed by atoms with Crippen LogP contribution in [0.2, 0.25) is 0 Å². The number of β-amino-alcohol motifs (C(OH)–C–C–N with tert-alkyl or cyclic N) is 1. The van der Waals surface area contributed by atoms with E-state index in [2.05, 4.69) is 4.98 Å². The monoisotopic (exact) mass is 490 g/mol. The molecule has 0 spiro atoms. The quantitative estimate of drug-likeness (QED) is 0.532. The minimum atomic E-state index is -4.00. The van der Waals surface area contributed by atoms with Crippen LogP contribution in [0.5, 0.6) is 0 Å². The number of thiazole rings is 1. The number of carbonyl (C=O) groups excluding carboxylic acids is 1. The van der Waals surface area contributed by atoms with Gasteiger partial charge in [-0.1, -0.05) is 6.07 Å². The van der Waals surface area contributed by atoms with Gasteiger partial charge in [0.15, 0.2) is 0 Å². The molecule has 4 rings (SSSR count). The number of rotatable bonds is 6. The highest BCUT2D eigenvalue weighted by Gasteiger charge is 2.44. The first-order valence-corrected chi connectivity index (χ1v) is 12.6. The Bertz CT molecular complexity index is 1270. The standard InChI is InChI=1S/C23H23FN2O5S2/c1-14-3-8-20(9-15(14)2)33(29,30)26-11-19(27)10-21(26)23(28)31-12-18-13-32-22(25-18)16-4-6-17(24)7-5-16/h3-9,13,19,21,27H,10-12H2,1-2H3. The predicted molar refractivity (Wildman–Crippen MR) is 122 cm³/mol. The lowest BCUT2D eigenvalue weighted by Crippen LogP contribution is -2.41. The molecule has 33 heavy (non-hydrogen) atoms. The Morgan fingerprint density at radius 3 is 2.64 bits per heavy atom. The van der Waals surface area contributed by atoms with Crippen molar-refractivity contribution in [2.24, 2.45) is 0 Å². The van der Waals surface area contributed by atoms with Crippen molar-refractivity contribution >= 4 is 27.3 Å². The summed E-state index contributed by atoms with van der Waals surface area (Å²) in [4.78, 5) is 17.2. The summed E-state index contributed by atoms with van der Waals surface area (Å²) in [5, 5.41) is 12.5. The van der Waals surface area contributed by atoms with Gasteiger partial charge in [0.2, 0.25) is 10.0 Å². The normalized spacial score (nSPS) is 19.0. The molecule has 2 aromatic carbocycles. The van der Waals surface area contributed by atoms with Crippen molar-refractivity contribution in [2.75, 3.05) is 6.54 Å². The summed E-state index contributed by atoms with van der Waals surface area (Å²) in [6, 6.07) is 9.54. The molecule has 0 radical (unpaired) electrons. The summed E-state index contributed by atoms with van der Waals surface area (Å²) in [6.45, 7) is 3.37. The maximum Gasteiger partial charge on any atom is 0.324 e. The predicted octanol–water partition coefficient (Wildman–Crippen LogP) is 3.43. The van der Waals surface area contributed by atoms with Crippen LogP contribution in [0.4, 0.5) is 4.39 Å². The van der Waals surface area contributed by atoms with Crippen LogP contribution in [-0.4, -0.2) is 47.5 Å².